The van der Waals surface area contributed by atoms with E-state index in [9.17, 15) is 4.79 Å². The van der Waals surface area contributed by atoms with Crippen LogP contribution in [0.3, 0.4) is 0 Å². The van der Waals surface area contributed by atoms with Gasteiger partial charge in [-0.25, -0.2) is 4.99 Å². The molecule has 0 spiro atoms. The number of anilines is 2. The van der Waals surface area contributed by atoms with Gasteiger partial charge in [-0.15, -0.1) is 0 Å². The van der Waals surface area contributed by atoms with Gasteiger partial charge in [-0.3, -0.25) is 14.8 Å². The summed E-state index contributed by atoms with van der Waals surface area (Å²) < 4.78 is 0. The lowest BCUT2D eigenvalue weighted by atomic mass is 9.92. The Kier molecular flexibility index (Phi) is 9.87. The minimum atomic E-state index is -0.0119. The quantitative estimate of drug-likeness (QED) is 0.269. The molecule has 1 fully saturated rings. The molecule has 214 valence electrons. The van der Waals surface area contributed by atoms with Crippen molar-refractivity contribution in [2.75, 3.05) is 22.9 Å². The van der Waals surface area contributed by atoms with E-state index >= 15 is 0 Å². The molecule has 6 heteroatoms. The molecule has 3 aromatic carbocycles. The lowest BCUT2D eigenvalue weighted by molar-refractivity contribution is -0.112. The maximum atomic E-state index is 13.3. The van der Waals surface area contributed by atoms with Gasteiger partial charge in [0.25, 0.3) is 0 Å². The summed E-state index contributed by atoms with van der Waals surface area (Å²) in [6.07, 6.45) is 0.517. The smallest absolute Gasteiger partial charge is 0.183 e. The zero-order valence-electron chi connectivity index (χ0n) is 25.6. The van der Waals surface area contributed by atoms with Crippen molar-refractivity contribution in [3.05, 3.63) is 78.4 Å². The average Bonchev–Trinajstić information content (AvgIpc) is 2.94. The van der Waals surface area contributed by atoms with Crippen LogP contribution < -0.4 is 9.80 Å². The molecular weight excluding hydrogens is 506 g/mol. The molecule has 6 nitrogen and oxygen atoms in total. The molecule has 0 unspecified atom stereocenters. The number of Topliss-reactive ketones (excluding diaryl/α,β-unsaturated/α-hetero) is 1. The number of nitrogens with zero attached hydrogens (tertiary/aromatic N) is 5. The van der Waals surface area contributed by atoms with E-state index in [0.29, 0.717) is 29.9 Å². The van der Waals surface area contributed by atoms with Gasteiger partial charge in [-0.1, -0.05) is 17.7 Å². The Hall–Kier alpha value is -4.06. The van der Waals surface area contributed by atoms with E-state index in [-0.39, 0.29) is 12.2 Å². The van der Waals surface area contributed by atoms with E-state index in [1.54, 1.807) is 0 Å². The summed E-state index contributed by atoms with van der Waals surface area (Å²) in [4.78, 5) is 32.6. The van der Waals surface area contributed by atoms with Crippen LogP contribution in [0.25, 0.3) is 0 Å². The third-order valence-electron chi connectivity index (χ3n) is 7.43. The highest BCUT2D eigenvalue weighted by molar-refractivity contribution is 6.62. The van der Waals surface area contributed by atoms with E-state index in [4.69, 9.17) is 15.0 Å². The summed E-state index contributed by atoms with van der Waals surface area (Å²) in [5, 5.41) is 0. The number of hydrogen-bond donors (Lipinski definition) is 0. The van der Waals surface area contributed by atoms with Gasteiger partial charge in [-0.05, 0) is 109 Å². The van der Waals surface area contributed by atoms with Crippen LogP contribution in [0, 0.1) is 6.92 Å². The largest absolute Gasteiger partial charge is 0.369 e. The summed E-state index contributed by atoms with van der Waals surface area (Å²) in [7, 11) is 0. The molecule has 4 rings (SSSR count). The number of rotatable bonds is 9. The SMILES string of the molecule is CCN(c1ccc(N=C2CC(=Nc3ccc(N(CC)C(C)C)cc3)C(=Nc3ccc(C)cc3)CC2=O)cc1)C(C)C. The fourth-order valence-corrected chi connectivity index (χ4v) is 5.24. The molecule has 0 atom stereocenters. The molecule has 0 saturated heterocycles. The van der Waals surface area contributed by atoms with Crippen molar-refractivity contribution in [3.63, 3.8) is 0 Å². The third-order valence-corrected chi connectivity index (χ3v) is 7.43. The van der Waals surface area contributed by atoms with Crippen LogP contribution in [0.15, 0.2) is 87.8 Å². The molecule has 0 heterocycles. The molecular formula is C35H43N5O. The molecule has 0 radical (unpaired) electrons. The summed E-state index contributed by atoms with van der Waals surface area (Å²) >= 11 is 0. The van der Waals surface area contributed by atoms with Crippen LogP contribution in [-0.2, 0) is 4.79 Å². The summed E-state index contributed by atoms with van der Waals surface area (Å²) in [5.74, 6) is -0.0119. The molecule has 3 aromatic rings. The first-order valence-corrected chi connectivity index (χ1v) is 14.7. The van der Waals surface area contributed by atoms with Crippen LogP contribution in [0.5, 0.6) is 0 Å². The maximum Gasteiger partial charge on any atom is 0.183 e. The number of ketones is 1. The number of aryl methyl sites for hydroxylation is 1. The lowest BCUT2D eigenvalue weighted by Crippen LogP contribution is -2.33. The van der Waals surface area contributed by atoms with Crippen molar-refractivity contribution in [2.24, 2.45) is 15.0 Å². The molecule has 0 N–H and O–H groups in total. The fraction of sp³-hybridized carbons (Fsp3) is 0.371. The minimum Gasteiger partial charge on any atom is -0.369 e. The lowest BCUT2D eigenvalue weighted by Gasteiger charge is -2.27. The van der Waals surface area contributed by atoms with E-state index < -0.39 is 0 Å². The predicted molar refractivity (Wildman–Crippen MR) is 176 cm³/mol. The molecule has 41 heavy (non-hydrogen) atoms. The summed E-state index contributed by atoms with van der Waals surface area (Å²) in [6, 6.07) is 25.3. The van der Waals surface area contributed by atoms with Gasteiger partial charge in [0, 0.05) is 43.0 Å². The molecule has 0 bridgehead atoms. The normalized spacial score (nSPS) is 16.8. The first-order chi connectivity index (χ1) is 19.7. The van der Waals surface area contributed by atoms with Gasteiger partial charge in [0.1, 0.15) is 0 Å². The van der Waals surface area contributed by atoms with E-state index in [0.717, 1.165) is 41.6 Å². The van der Waals surface area contributed by atoms with Gasteiger partial charge in [0.15, 0.2) is 5.78 Å². The van der Waals surface area contributed by atoms with Crippen molar-refractivity contribution < 1.29 is 4.79 Å². The van der Waals surface area contributed by atoms with E-state index in [2.05, 4.69) is 82.5 Å². The van der Waals surface area contributed by atoms with Crippen molar-refractivity contribution in [3.8, 4) is 0 Å². The predicted octanol–water partition coefficient (Wildman–Crippen LogP) is 8.45. The minimum absolute atomic E-state index is 0.0119. The second-order valence-corrected chi connectivity index (χ2v) is 11.1. The molecule has 0 amide bonds. The van der Waals surface area contributed by atoms with E-state index in [1.165, 1.54) is 11.3 Å². The first-order valence-electron chi connectivity index (χ1n) is 14.7. The highest BCUT2D eigenvalue weighted by Crippen LogP contribution is 2.26. The van der Waals surface area contributed by atoms with Crippen molar-refractivity contribution in [1.29, 1.82) is 0 Å². The van der Waals surface area contributed by atoms with Crippen LogP contribution in [0.2, 0.25) is 0 Å². The molecule has 1 aliphatic carbocycles. The number of benzene rings is 3. The van der Waals surface area contributed by atoms with Crippen LogP contribution in [-0.4, -0.2) is 48.1 Å². The van der Waals surface area contributed by atoms with Crippen molar-refractivity contribution in [1.82, 2.24) is 0 Å². The summed E-state index contributed by atoms with van der Waals surface area (Å²) in [5.41, 5.74) is 7.91. The maximum absolute atomic E-state index is 13.3. The highest BCUT2D eigenvalue weighted by atomic mass is 16.1. The zero-order chi connectivity index (χ0) is 29.5. The summed E-state index contributed by atoms with van der Waals surface area (Å²) in [6.45, 7) is 17.0. The number of carbonyl (C=O) groups is 1. The van der Waals surface area contributed by atoms with Crippen LogP contribution in [0.1, 0.15) is 59.9 Å². The Bertz CT molecular complexity index is 1410. The second-order valence-electron chi connectivity index (χ2n) is 11.1. The number of aliphatic imine (C=N–C) groups is 3. The van der Waals surface area contributed by atoms with Gasteiger partial charge >= 0.3 is 0 Å². The Morgan fingerprint density at radius 1 is 0.585 bits per heavy atom. The topological polar surface area (TPSA) is 60.6 Å². The monoisotopic (exact) mass is 549 g/mol. The van der Waals surface area contributed by atoms with Gasteiger partial charge < -0.3 is 9.80 Å². The van der Waals surface area contributed by atoms with E-state index in [1.807, 2.05) is 48.5 Å². The number of hydrogen-bond acceptors (Lipinski definition) is 6. The second kappa shape index (κ2) is 13.5. The molecule has 1 aliphatic rings. The van der Waals surface area contributed by atoms with Crippen molar-refractivity contribution >= 4 is 51.4 Å². The first kappa shape index (κ1) is 29.9. The molecule has 0 aliphatic heterocycles. The van der Waals surface area contributed by atoms with Crippen LogP contribution >= 0.6 is 0 Å². The Morgan fingerprint density at radius 2 is 0.951 bits per heavy atom. The Balaban J connectivity index is 1.67. The zero-order valence-corrected chi connectivity index (χ0v) is 25.6. The van der Waals surface area contributed by atoms with Crippen molar-refractivity contribution in [2.45, 2.75) is 73.4 Å². The van der Waals surface area contributed by atoms with Gasteiger partial charge in [-0.2, -0.15) is 0 Å². The van der Waals surface area contributed by atoms with Gasteiger partial charge in [0.05, 0.1) is 40.6 Å². The Morgan fingerprint density at radius 3 is 1.34 bits per heavy atom. The highest BCUT2D eigenvalue weighted by Gasteiger charge is 2.27. The Labute approximate surface area is 245 Å². The van der Waals surface area contributed by atoms with Crippen LogP contribution in [0.4, 0.5) is 28.4 Å². The standard InChI is InChI=1S/C35H43N5O/c1-8-39(24(3)4)30-18-14-28(15-19-30)36-32-22-34(35(41)23-33(32)37-27-12-10-26(7)11-13-27)38-29-16-20-31(21-17-29)40(9-2)25(5)6/h10-21,24-25H,8-9,22-23H2,1-7H3. The number of carbonyl (C=O) groups excluding carboxylic acids is 1. The fourth-order valence-electron chi connectivity index (χ4n) is 5.24. The molecule has 0 aromatic heterocycles. The third kappa shape index (κ3) is 7.57. The van der Waals surface area contributed by atoms with Gasteiger partial charge in [0.2, 0.25) is 0 Å². The average molecular weight is 550 g/mol. The molecule has 1 saturated carbocycles.